The van der Waals surface area contributed by atoms with Crippen LogP contribution in [0.15, 0.2) is 60.7 Å². The lowest BCUT2D eigenvalue weighted by atomic mass is 10.2. The van der Waals surface area contributed by atoms with Crippen LogP contribution in [0, 0.1) is 6.92 Å². The zero-order valence-electron chi connectivity index (χ0n) is 14.8. The van der Waals surface area contributed by atoms with Crippen LogP contribution in [0.4, 0.5) is 11.5 Å². The number of nitrogens with two attached hydrogens (primary N) is 1. The van der Waals surface area contributed by atoms with Gasteiger partial charge < -0.3 is 15.8 Å². The molecule has 0 saturated carbocycles. The number of hydrogen-bond donors (Lipinski definition) is 2. The number of carbonyl (C=O) groups excluding carboxylic acids is 1. The summed E-state index contributed by atoms with van der Waals surface area (Å²) in [7, 11) is 0. The molecule has 26 heavy (non-hydrogen) atoms. The van der Waals surface area contributed by atoms with Crippen molar-refractivity contribution in [3.63, 3.8) is 0 Å². The number of rotatable bonds is 5. The van der Waals surface area contributed by atoms with E-state index in [9.17, 15) is 4.79 Å². The molecule has 0 aliphatic carbocycles. The predicted molar refractivity (Wildman–Crippen MR) is 104 cm³/mol. The number of aromatic nitrogens is 1. The first-order valence-electron chi connectivity index (χ1n) is 8.46. The highest BCUT2D eigenvalue weighted by Gasteiger charge is 2.11. The van der Waals surface area contributed by atoms with E-state index >= 15 is 0 Å². The molecule has 1 amide bonds. The van der Waals surface area contributed by atoms with Crippen molar-refractivity contribution in [2.24, 2.45) is 0 Å². The SMILES string of the molecule is CCc1cccc(Oc2ccc(NC(=O)c3ccc(C)nc3N)cc2)c1. The zero-order chi connectivity index (χ0) is 18.5. The third-order valence-electron chi connectivity index (χ3n) is 3.96. The molecule has 5 nitrogen and oxygen atoms in total. The van der Waals surface area contributed by atoms with Gasteiger partial charge in [-0.05, 0) is 67.4 Å². The summed E-state index contributed by atoms with van der Waals surface area (Å²) in [6.07, 6.45) is 0.958. The van der Waals surface area contributed by atoms with Crippen LogP contribution in [0.5, 0.6) is 11.5 Å². The minimum atomic E-state index is -0.292. The summed E-state index contributed by atoms with van der Waals surface area (Å²) in [5.41, 5.74) is 8.82. The van der Waals surface area contributed by atoms with E-state index in [0.29, 0.717) is 17.0 Å². The maximum Gasteiger partial charge on any atom is 0.259 e. The number of hydrogen-bond acceptors (Lipinski definition) is 4. The Bertz CT molecular complexity index is 921. The van der Waals surface area contributed by atoms with Crippen molar-refractivity contribution in [3.8, 4) is 11.5 Å². The maximum atomic E-state index is 12.3. The van der Waals surface area contributed by atoms with Gasteiger partial charge in [-0.3, -0.25) is 4.79 Å². The van der Waals surface area contributed by atoms with Gasteiger partial charge in [0.1, 0.15) is 17.3 Å². The average Bonchev–Trinajstić information content (AvgIpc) is 2.63. The molecule has 0 aliphatic heterocycles. The lowest BCUT2D eigenvalue weighted by molar-refractivity contribution is 0.102. The van der Waals surface area contributed by atoms with Crippen LogP contribution in [0.2, 0.25) is 0 Å². The number of benzene rings is 2. The van der Waals surface area contributed by atoms with Crippen molar-refractivity contribution in [1.82, 2.24) is 4.98 Å². The van der Waals surface area contributed by atoms with Crippen molar-refractivity contribution in [2.75, 3.05) is 11.1 Å². The summed E-state index contributed by atoms with van der Waals surface area (Å²) in [6.45, 7) is 3.93. The summed E-state index contributed by atoms with van der Waals surface area (Å²) in [5, 5.41) is 2.81. The third-order valence-corrected chi connectivity index (χ3v) is 3.96. The molecule has 3 aromatic rings. The number of anilines is 2. The van der Waals surface area contributed by atoms with Crippen LogP contribution in [0.3, 0.4) is 0 Å². The first kappa shape index (κ1) is 17.5. The number of aryl methyl sites for hydroxylation is 2. The monoisotopic (exact) mass is 347 g/mol. The van der Waals surface area contributed by atoms with E-state index in [2.05, 4.69) is 23.3 Å². The molecule has 1 aromatic heterocycles. The summed E-state index contributed by atoms with van der Waals surface area (Å²) in [4.78, 5) is 16.4. The molecule has 5 heteroatoms. The molecule has 0 radical (unpaired) electrons. The molecule has 0 fully saturated rings. The molecular weight excluding hydrogens is 326 g/mol. The van der Waals surface area contributed by atoms with Crippen LogP contribution in [-0.2, 0) is 6.42 Å². The highest BCUT2D eigenvalue weighted by molar-refractivity contribution is 6.07. The minimum Gasteiger partial charge on any atom is -0.457 e. The number of nitrogens with zero attached hydrogens (tertiary/aromatic N) is 1. The highest BCUT2D eigenvalue weighted by atomic mass is 16.5. The second-order valence-electron chi connectivity index (χ2n) is 5.97. The van der Waals surface area contributed by atoms with Crippen LogP contribution < -0.4 is 15.8 Å². The molecule has 3 N–H and O–H groups in total. The van der Waals surface area contributed by atoms with E-state index < -0.39 is 0 Å². The molecule has 0 aliphatic rings. The summed E-state index contributed by atoms with van der Waals surface area (Å²) >= 11 is 0. The Morgan fingerprint density at radius 2 is 1.85 bits per heavy atom. The van der Waals surface area contributed by atoms with Gasteiger partial charge in [0.05, 0.1) is 5.56 Å². The van der Waals surface area contributed by atoms with Crippen molar-refractivity contribution >= 4 is 17.4 Å². The van der Waals surface area contributed by atoms with Crippen molar-refractivity contribution in [2.45, 2.75) is 20.3 Å². The fourth-order valence-electron chi connectivity index (χ4n) is 2.54. The van der Waals surface area contributed by atoms with Gasteiger partial charge >= 0.3 is 0 Å². The zero-order valence-corrected chi connectivity index (χ0v) is 14.8. The number of carbonyl (C=O) groups is 1. The van der Waals surface area contributed by atoms with E-state index in [4.69, 9.17) is 10.5 Å². The number of nitrogens with one attached hydrogen (secondary N) is 1. The summed E-state index contributed by atoms with van der Waals surface area (Å²) in [6, 6.07) is 18.6. The average molecular weight is 347 g/mol. The molecule has 0 unspecified atom stereocenters. The van der Waals surface area contributed by atoms with Gasteiger partial charge in [-0.25, -0.2) is 4.98 Å². The first-order valence-corrected chi connectivity index (χ1v) is 8.46. The Morgan fingerprint density at radius 1 is 1.08 bits per heavy atom. The van der Waals surface area contributed by atoms with E-state index in [1.165, 1.54) is 5.56 Å². The van der Waals surface area contributed by atoms with Crippen LogP contribution in [0.25, 0.3) is 0 Å². The van der Waals surface area contributed by atoms with E-state index in [1.807, 2.05) is 37.3 Å². The lowest BCUT2D eigenvalue weighted by Gasteiger charge is -2.10. The molecule has 0 saturated heterocycles. The highest BCUT2D eigenvalue weighted by Crippen LogP contribution is 2.24. The number of pyridine rings is 1. The number of ether oxygens (including phenoxy) is 1. The van der Waals surface area contributed by atoms with Crippen LogP contribution >= 0.6 is 0 Å². The van der Waals surface area contributed by atoms with Crippen LogP contribution in [-0.4, -0.2) is 10.9 Å². The summed E-state index contributed by atoms with van der Waals surface area (Å²) < 4.78 is 5.86. The van der Waals surface area contributed by atoms with Gasteiger partial charge in [0.15, 0.2) is 0 Å². The van der Waals surface area contributed by atoms with Gasteiger partial charge in [-0.1, -0.05) is 19.1 Å². The minimum absolute atomic E-state index is 0.221. The molecule has 0 atom stereocenters. The Labute approximate surface area is 152 Å². The fraction of sp³-hybridized carbons (Fsp3) is 0.143. The molecular formula is C21H21N3O2. The largest absolute Gasteiger partial charge is 0.457 e. The molecule has 0 spiro atoms. The molecule has 3 rings (SSSR count). The van der Waals surface area contributed by atoms with Crippen molar-refractivity contribution in [3.05, 3.63) is 77.5 Å². The standard InChI is InChI=1S/C21H21N3O2/c1-3-15-5-4-6-18(13-15)26-17-10-8-16(9-11-17)24-21(25)19-12-7-14(2)23-20(19)22/h4-13H,3H2,1-2H3,(H2,22,23)(H,24,25). The lowest BCUT2D eigenvalue weighted by Crippen LogP contribution is -2.15. The van der Waals surface area contributed by atoms with Gasteiger partial charge in [0, 0.05) is 11.4 Å². The molecule has 1 heterocycles. The van der Waals surface area contributed by atoms with Gasteiger partial charge in [0.2, 0.25) is 0 Å². The van der Waals surface area contributed by atoms with E-state index in [-0.39, 0.29) is 11.7 Å². The third kappa shape index (κ3) is 4.19. The van der Waals surface area contributed by atoms with Gasteiger partial charge in [-0.2, -0.15) is 0 Å². The quantitative estimate of drug-likeness (QED) is 0.708. The topological polar surface area (TPSA) is 77.2 Å². The first-order chi connectivity index (χ1) is 12.5. The molecule has 132 valence electrons. The van der Waals surface area contributed by atoms with Gasteiger partial charge in [-0.15, -0.1) is 0 Å². The summed E-state index contributed by atoms with van der Waals surface area (Å²) in [5.74, 6) is 1.42. The smallest absolute Gasteiger partial charge is 0.259 e. The van der Waals surface area contributed by atoms with Gasteiger partial charge in [0.25, 0.3) is 5.91 Å². The molecule has 2 aromatic carbocycles. The second kappa shape index (κ2) is 7.70. The van der Waals surface area contributed by atoms with Crippen molar-refractivity contribution < 1.29 is 9.53 Å². The Morgan fingerprint density at radius 3 is 2.54 bits per heavy atom. The van der Waals surface area contributed by atoms with E-state index in [0.717, 1.165) is 17.9 Å². The predicted octanol–water partition coefficient (Wildman–Crippen LogP) is 4.58. The second-order valence-corrected chi connectivity index (χ2v) is 5.97. The molecule has 0 bridgehead atoms. The fourth-order valence-corrected chi connectivity index (χ4v) is 2.54. The normalized spacial score (nSPS) is 10.4. The maximum absolute atomic E-state index is 12.3. The Balaban J connectivity index is 1.68. The Hall–Kier alpha value is -3.34. The Kier molecular flexibility index (Phi) is 5.17. The van der Waals surface area contributed by atoms with E-state index in [1.54, 1.807) is 24.3 Å². The van der Waals surface area contributed by atoms with Crippen LogP contribution in [0.1, 0.15) is 28.5 Å². The number of amides is 1. The number of nitrogen functional groups attached to an aromatic ring is 1. The van der Waals surface area contributed by atoms with Crippen molar-refractivity contribution in [1.29, 1.82) is 0 Å².